The van der Waals surface area contributed by atoms with Gasteiger partial charge >= 0.3 is 0 Å². The quantitative estimate of drug-likeness (QED) is 0.626. The molecule has 0 atom stereocenters. The zero-order valence-electron chi connectivity index (χ0n) is 3.33. The van der Waals surface area contributed by atoms with Gasteiger partial charge in [0.25, 0.3) is 0 Å². The van der Waals surface area contributed by atoms with E-state index in [1.165, 1.54) is 0 Å². The molecule has 2 radical (unpaired) electrons. The highest BCUT2D eigenvalue weighted by Gasteiger charge is 1.80. The van der Waals surface area contributed by atoms with Crippen molar-refractivity contribution in [3.8, 4) is 0 Å². The van der Waals surface area contributed by atoms with Crippen LogP contribution in [0.2, 0.25) is 0 Å². The van der Waals surface area contributed by atoms with Crippen LogP contribution in [0.4, 0.5) is 0 Å². The summed E-state index contributed by atoms with van der Waals surface area (Å²) in [6.45, 7) is 1.93. The number of halogens is 2. The SMILES string of the molecule is C/C=C(\Br)[C]Br. The predicted octanol–water partition coefficient (Wildman–Crippen LogP) is 2.72. The van der Waals surface area contributed by atoms with Gasteiger partial charge in [0.2, 0.25) is 0 Å². The van der Waals surface area contributed by atoms with Crippen LogP contribution in [0.3, 0.4) is 0 Å². The maximum atomic E-state index is 3.18. The summed E-state index contributed by atoms with van der Waals surface area (Å²) in [5.41, 5.74) is 0. The van der Waals surface area contributed by atoms with Gasteiger partial charge in [-0.25, -0.2) is 0 Å². The van der Waals surface area contributed by atoms with E-state index in [-0.39, 0.29) is 0 Å². The largest absolute Gasteiger partial charge is 0.1000 e. The van der Waals surface area contributed by atoms with Crippen LogP contribution in [-0.2, 0) is 0 Å². The molecule has 0 nitrogen and oxygen atoms in total. The highest BCUT2D eigenvalue weighted by molar-refractivity contribution is 9.14. The van der Waals surface area contributed by atoms with E-state index in [4.69, 9.17) is 0 Å². The van der Waals surface area contributed by atoms with E-state index in [1.54, 1.807) is 0 Å². The molecule has 0 bridgehead atoms. The van der Waals surface area contributed by atoms with Gasteiger partial charge < -0.3 is 0 Å². The summed E-state index contributed by atoms with van der Waals surface area (Å²) in [6.07, 6.45) is 1.90. The average Bonchev–Trinajstić information content (AvgIpc) is 1.65. The van der Waals surface area contributed by atoms with Gasteiger partial charge in [-0.1, -0.05) is 37.9 Å². The predicted molar refractivity (Wildman–Crippen MR) is 34.9 cm³/mol. The Morgan fingerprint density at radius 1 is 1.83 bits per heavy atom. The van der Waals surface area contributed by atoms with E-state index in [0.717, 1.165) is 4.48 Å². The minimum Gasteiger partial charge on any atom is -0.0759 e. The number of rotatable bonds is 1. The Balaban J connectivity index is 3.22. The van der Waals surface area contributed by atoms with Crippen molar-refractivity contribution in [1.29, 1.82) is 0 Å². The standard InChI is InChI=1S/C4H4Br2/c1-2-4(6)3-5/h2H,1H3/b4-2-. The van der Waals surface area contributed by atoms with E-state index in [9.17, 15) is 0 Å². The fourth-order valence-corrected chi connectivity index (χ4v) is 0.283. The summed E-state index contributed by atoms with van der Waals surface area (Å²) < 4.78 is 0.947. The lowest BCUT2D eigenvalue weighted by molar-refractivity contribution is 1.71. The van der Waals surface area contributed by atoms with Crippen molar-refractivity contribution in [2.45, 2.75) is 6.92 Å². The van der Waals surface area contributed by atoms with Crippen molar-refractivity contribution in [2.75, 3.05) is 0 Å². The van der Waals surface area contributed by atoms with Crippen LogP contribution >= 0.6 is 31.9 Å². The van der Waals surface area contributed by atoms with Crippen LogP contribution < -0.4 is 0 Å². The van der Waals surface area contributed by atoms with Gasteiger partial charge in [0.1, 0.15) is 0 Å². The third-order valence-electron chi connectivity index (χ3n) is 0.344. The van der Waals surface area contributed by atoms with Crippen molar-refractivity contribution < 1.29 is 0 Å². The maximum Gasteiger partial charge on any atom is 0.1000 e. The van der Waals surface area contributed by atoms with E-state index < -0.39 is 0 Å². The van der Waals surface area contributed by atoms with Crippen LogP contribution in [0.25, 0.3) is 0 Å². The Kier molecular flexibility index (Phi) is 4.33. The van der Waals surface area contributed by atoms with E-state index in [2.05, 4.69) is 37.2 Å². The Labute approximate surface area is 54.9 Å². The van der Waals surface area contributed by atoms with Crippen molar-refractivity contribution >= 4 is 31.9 Å². The fraction of sp³-hybridized carbons (Fsp3) is 0.250. The summed E-state index contributed by atoms with van der Waals surface area (Å²) in [5.74, 6) is 0. The molecule has 0 aromatic carbocycles. The summed E-state index contributed by atoms with van der Waals surface area (Å²) >= 11 is 6.19. The van der Waals surface area contributed by atoms with Gasteiger partial charge in [-0.2, -0.15) is 0 Å². The third-order valence-corrected chi connectivity index (χ3v) is 1.96. The van der Waals surface area contributed by atoms with Gasteiger partial charge in [0.05, 0.1) is 5.33 Å². The lowest BCUT2D eigenvalue weighted by Crippen LogP contribution is -1.54. The average molecular weight is 212 g/mol. The third kappa shape index (κ3) is 2.91. The zero-order valence-corrected chi connectivity index (χ0v) is 6.51. The topological polar surface area (TPSA) is 0 Å². The van der Waals surface area contributed by atoms with Gasteiger partial charge in [-0.3, -0.25) is 0 Å². The Hall–Kier alpha value is 0.700. The second-order valence-electron chi connectivity index (χ2n) is 0.731. The highest BCUT2D eigenvalue weighted by Crippen LogP contribution is 2.11. The van der Waals surface area contributed by atoms with E-state index >= 15 is 0 Å². The molecule has 0 amide bonds. The molecular weight excluding hydrogens is 208 g/mol. The molecule has 2 heteroatoms. The Bertz CT molecular complexity index is 56.6. The smallest absolute Gasteiger partial charge is 0.0759 e. The Morgan fingerprint density at radius 3 is 2.33 bits per heavy atom. The summed E-state index contributed by atoms with van der Waals surface area (Å²) in [5, 5.41) is 2.70. The maximum absolute atomic E-state index is 3.18. The molecule has 0 aliphatic carbocycles. The Morgan fingerprint density at radius 2 is 2.33 bits per heavy atom. The molecule has 6 heavy (non-hydrogen) atoms. The summed E-state index contributed by atoms with van der Waals surface area (Å²) in [4.78, 5) is 0. The first-order valence-corrected chi connectivity index (χ1v) is 3.08. The summed E-state index contributed by atoms with van der Waals surface area (Å²) in [6, 6.07) is 0. The molecule has 0 unspecified atom stereocenters. The van der Waals surface area contributed by atoms with Gasteiger partial charge in [-0.15, -0.1) is 0 Å². The first-order valence-electron chi connectivity index (χ1n) is 1.49. The van der Waals surface area contributed by atoms with Crippen LogP contribution in [-0.4, -0.2) is 0 Å². The molecule has 0 aliphatic heterocycles. The van der Waals surface area contributed by atoms with Crippen LogP contribution in [0.5, 0.6) is 0 Å². The second kappa shape index (κ2) is 3.88. The van der Waals surface area contributed by atoms with Crippen molar-refractivity contribution in [2.24, 2.45) is 0 Å². The number of allylic oxidation sites excluding steroid dienone is 2. The van der Waals surface area contributed by atoms with Crippen LogP contribution in [0.15, 0.2) is 10.6 Å². The monoisotopic (exact) mass is 210 g/mol. The molecule has 0 rings (SSSR count). The van der Waals surface area contributed by atoms with Gasteiger partial charge in [0.15, 0.2) is 0 Å². The molecule has 34 valence electrons. The molecule has 0 heterocycles. The second-order valence-corrected chi connectivity index (χ2v) is 1.98. The molecule has 0 saturated carbocycles. The first kappa shape index (κ1) is 6.70. The summed E-state index contributed by atoms with van der Waals surface area (Å²) in [7, 11) is 0. The first-order chi connectivity index (χ1) is 2.81. The van der Waals surface area contributed by atoms with Crippen molar-refractivity contribution in [3.05, 3.63) is 15.9 Å². The lowest BCUT2D eigenvalue weighted by atomic mass is 10.6. The molecule has 0 fully saturated rings. The fourth-order valence-electron chi connectivity index (χ4n) is 0.0546. The molecule has 0 spiro atoms. The van der Waals surface area contributed by atoms with Crippen molar-refractivity contribution in [3.63, 3.8) is 0 Å². The molecule has 0 aromatic rings. The van der Waals surface area contributed by atoms with Gasteiger partial charge in [-0.05, 0) is 6.92 Å². The van der Waals surface area contributed by atoms with Gasteiger partial charge in [0, 0.05) is 4.48 Å². The zero-order chi connectivity index (χ0) is 4.99. The molecule has 0 aromatic heterocycles. The molecule has 0 saturated heterocycles. The van der Waals surface area contributed by atoms with E-state index in [0.29, 0.717) is 0 Å². The molecule has 0 aliphatic rings. The number of hydrogen-bond acceptors (Lipinski definition) is 0. The molecular formula is C4H4Br2. The minimum absolute atomic E-state index is 0.947. The van der Waals surface area contributed by atoms with Crippen LogP contribution in [0, 0.1) is 5.33 Å². The van der Waals surface area contributed by atoms with Crippen molar-refractivity contribution in [1.82, 2.24) is 0 Å². The highest BCUT2D eigenvalue weighted by atomic mass is 79.9. The van der Waals surface area contributed by atoms with E-state index in [1.807, 2.05) is 13.0 Å². The van der Waals surface area contributed by atoms with Crippen LogP contribution in [0.1, 0.15) is 6.92 Å². The minimum atomic E-state index is 0.947. The number of hydrogen-bond donors (Lipinski definition) is 0. The normalized spacial score (nSPS) is 12.2. The molecule has 0 N–H and O–H groups in total. The lowest BCUT2D eigenvalue weighted by Gasteiger charge is -1.78.